The van der Waals surface area contributed by atoms with Gasteiger partial charge in [-0.25, -0.2) is 0 Å². The van der Waals surface area contributed by atoms with Gasteiger partial charge in [-0.3, -0.25) is 9.78 Å². The maximum atomic E-state index is 11.9. The monoisotopic (exact) mass is 234 g/mol. The van der Waals surface area contributed by atoms with Gasteiger partial charge in [-0.15, -0.1) is 0 Å². The first-order chi connectivity index (χ1) is 8.18. The molecule has 1 unspecified atom stereocenters. The van der Waals surface area contributed by atoms with Gasteiger partial charge in [-0.2, -0.15) is 0 Å². The third-order valence-corrected chi connectivity index (χ3v) is 3.27. The minimum absolute atomic E-state index is 0.143. The van der Waals surface area contributed by atoms with E-state index in [9.17, 15) is 4.79 Å². The zero-order chi connectivity index (χ0) is 12.3. The summed E-state index contributed by atoms with van der Waals surface area (Å²) in [7, 11) is 2.09. The van der Waals surface area contributed by atoms with Gasteiger partial charge in [-0.05, 0) is 32.5 Å². The van der Waals surface area contributed by atoms with Crippen LogP contribution in [0.5, 0.6) is 0 Å². The smallest absolute Gasteiger partial charge is 0.255 e. The molecule has 92 valence electrons. The molecule has 1 fully saturated rings. The standard InChI is InChI=1S/C12H18N4O/c1-16-6-2-3-9(16)7-15-12(17)10-8-14-5-4-11(10)13/h4-5,8-9H,2-3,6-7H2,1H3,(H2,13,14)(H,15,17). The number of hydrogen-bond acceptors (Lipinski definition) is 4. The number of aromatic nitrogens is 1. The number of amides is 1. The van der Waals surface area contributed by atoms with Crippen LogP contribution in [-0.2, 0) is 0 Å². The first-order valence-electron chi connectivity index (χ1n) is 5.86. The van der Waals surface area contributed by atoms with Crippen molar-refractivity contribution >= 4 is 11.6 Å². The van der Waals surface area contributed by atoms with Crippen LogP contribution in [0.2, 0.25) is 0 Å². The second kappa shape index (κ2) is 5.14. The lowest BCUT2D eigenvalue weighted by Crippen LogP contribution is -2.38. The maximum Gasteiger partial charge on any atom is 0.255 e. The van der Waals surface area contributed by atoms with Crippen molar-refractivity contribution in [1.82, 2.24) is 15.2 Å². The van der Waals surface area contributed by atoms with E-state index < -0.39 is 0 Å². The first-order valence-corrected chi connectivity index (χ1v) is 5.86. The number of carbonyl (C=O) groups is 1. The van der Waals surface area contributed by atoms with E-state index in [1.165, 1.54) is 12.6 Å². The fraction of sp³-hybridized carbons (Fsp3) is 0.500. The van der Waals surface area contributed by atoms with Crippen LogP contribution in [0.25, 0.3) is 0 Å². The number of rotatable bonds is 3. The van der Waals surface area contributed by atoms with E-state index in [4.69, 9.17) is 5.73 Å². The number of nitrogens with zero attached hydrogens (tertiary/aromatic N) is 2. The van der Waals surface area contributed by atoms with Gasteiger partial charge in [0, 0.05) is 30.7 Å². The van der Waals surface area contributed by atoms with Crippen molar-refractivity contribution in [3.63, 3.8) is 0 Å². The molecule has 2 rings (SSSR count). The SMILES string of the molecule is CN1CCCC1CNC(=O)c1cnccc1N. The van der Waals surface area contributed by atoms with Crippen LogP contribution in [0.15, 0.2) is 18.5 Å². The Hall–Kier alpha value is -1.62. The molecule has 1 amide bonds. The third-order valence-electron chi connectivity index (χ3n) is 3.27. The summed E-state index contributed by atoms with van der Waals surface area (Å²) in [6, 6.07) is 2.08. The Labute approximate surface area is 101 Å². The van der Waals surface area contributed by atoms with Crippen LogP contribution in [0.3, 0.4) is 0 Å². The normalized spacial score (nSPS) is 20.4. The molecule has 0 saturated carbocycles. The van der Waals surface area contributed by atoms with Crippen molar-refractivity contribution in [2.45, 2.75) is 18.9 Å². The Morgan fingerprint density at radius 1 is 1.71 bits per heavy atom. The molecule has 0 spiro atoms. The number of carbonyl (C=O) groups excluding carboxylic acids is 1. The fourth-order valence-electron chi connectivity index (χ4n) is 2.14. The minimum Gasteiger partial charge on any atom is -0.398 e. The summed E-state index contributed by atoms with van der Waals surface area (Å²) < 4.78 is 0. The van der Waals surface area contributed by atoms with Crippen molar-refractivity contribution in [1.29, 1.82) is 0 Å². The van der Waals surface area contributed by atoms with Gasteiger partial charge >= 0.3 is 0 Å². The third kappa shape index (κ3) is 2.74. The van der Waals surface area contributed by atoms with Crippen LogP contribution in [0, 0.1) is 0 Å². The molecular formula is C12H18N4O. The maximum absolute atomic E-state index is 11.9. The van der Waals surface area contributed by atoms with Gasteiger partial charge in [0.05, 0.1) is 5.56 Å². The molecule has 1 atom stereocenters. The Kier molecular flexibility index (Phi) is 3.58. The van der Waals surface area contributed by atoms with Crippen LogP contribution in [0.4, 0.5) is 5.69 Å². The molecule has 1 aromatic rings. The summed E-state index contributed by atoms with van der Waals surface area (Å²) in [6.07, 6.45) is 5.42. The summed E-state index contributed by atoms with van der Waals surface area (Å²) >= 11 is 0. The van der Waals surface area contributed by atoms with Gasteiger partial charge in [0.2, 0.25) is 0 Å². The van der Waals surface area contributed by atoms with Crippen molar-refractivity contribution in [2.24, 2.45) is 0 Å². The van der Waals surface area contributed by atoms with E-state index in [0.29, 0.717) is 23.8 Å². The zero-order valence-corrected chi connectivity index (χ0v) is 10.0. The van der Waals surface area contributed by atoms with E-state index in [2.05, 4.69) is 22.2 Å². The van der Waals surface area contributed by atoms with Gasteiger partial charge in [-0.1, -0.05) is 0 Å². The summed E-state index contributed by atoms with van der Waals surface area (Å²) in [5.74, 6) is -0.143. The highest BCUT2D eigenvalue weighted by atomic mass is 16.1. The number of nitrogen functional groups attached to an aromatic ring is 1. The van der Waals surface area contributed by atoms with Gasteiger partial charge in [0.1, 0.15) is 0 Å². The van der Waals surface area contributed by atoms with Crippen molar-refractivity contribution in [3.8, 4) is 0 Å². The minimum atomic E-state index is -0.143. The predicted molar refractivity (Wildman–Crippen MR) is 66.6 cm³/mol. The summed E-state index contributed by atoms with van der Waals surface area (Å²) in [5.41, 5.74) is 6.64. The van der Waals surface area contributed by atoms with Crippen molar-refractivity contribution < 1.29 is 4.79 Å². The van der Waals surface area contributed by atoms with E-state index >= 15 is 0 Å². The summed E-state index contributed by atoms with van der Waals surface area (Å²) in [6.45, 7) is 1.78. The molecule has 5 heteroatoms. The molecule has 1 aromatic heterocycles. The van der Waals surface area contributed by atoms with Crippen LogP contribution < -0.4 is 11.1 Å². The van der Waals surface area contributed by atoms with E-state index in [0.717, 1.165) is 13.0 Å². The highest BCUT2D eigenvalue weighted by Crippen LogP contribution is 2.14. The Morgan fingerprint density at radius 3 is 3.18 bits per heavy atom. The Bertz CT molecular complexity index is 407. The number of likely N-dealkylation sites (tertiary alicyclic amines) is 1. The molecular weight excluding hydrogens is 216 g/mol. The largest absolute Gasteiger partial charge is 0.398 e. The molecule has 2 heterocycles. The number of likely N-dealkylation sites (N-methyl/N-ethyl adjacent to an activating group) is 1. The van der Waals surface area contributed by atoms with Gasteiger partial charge < -0.3 is 16.0 Å². The van der Waals surface area contributed by atoms with Gasteiger partial charge in [0.25, 0.3) is 5.91 Å². The molecule has 0 aliphatic carbocycles. The van der Waals surface area contributed by atoms with E-state index in [1.807, 2.05) is 0 Å². The molecule has 1 aliphatic heterocycles. The van der Waals surface area contributed by atoms with Crippen LogP contribution in [-0.4, -0.2) is 42.0 Å². The second-order valence-corrected chi connectivity index (χ2v) is 4.45. The highest BCUT2D eigenvalue weighted by Gasteiger charge is 2.21. The van der Waals surface area contributed by atoms with E-state index in [-0.39, 0.29) is 5.91 Å². The molecule has 0 aromatic carbocycles. The van der Waals surface area contributed by atoms with Gasteiger partial charge in [0.15, 0.2) is 0 Å². The Balaban J connectivity index is 1.91. The number of nitrogens with one attached hydrogen (secondary N) is 1. The predicted octanol–water partition coefficient (Wildman–Crippen LogP) is 0.488. The van der Waals surface area contributed by atoms with E-state index in [1.54, 1.807) is 12.3 Å². The zero-order valence-electron chi connectivity index (χ0n) is 10.0. The molecule has 0 radical (unpaired) electrons. The molecule has 17 heavy (non-hydrogen) atoms. The quantitative estimate of drug-likeness (QED) is 0.798. The fourth-order valence-corrected chi connectivity index (χ4v) is 2.14. The first kappa shape index (κ1) is 11.9. The second-order valence-electron chi connectivity index (χ2n) is 4.45. The molecule has 5 nitrogen and oxygen atoms in total. The topological polar surface area (TPSA) is 71.2 Å². The van der Waals surface area contributed by atoms with Crippen molar-refractivity contribution in [2.75, 3.05) is 25.9 Å². The molecule has 1 aliphatic rings. The lowest BCUT2D eigenvalue weighted by molar-refractivity contribution is 0.0944. The number of anilines is 1. The van der Waals surface area contributed by atoms with Crippen LogP contribution >= 0.6 is 0 Å². The summed E-state index contributed by atoms with van der Waals surface area (Å²) in [4.78, 5) is 18.1. The average Bonchev–Trinajstić information content (AvgIpc) is 2.72. The Morgan fingerprint density at radius 2 is 2.53 bits per heavy atom. The summed E-state index contributed by atoms with van der Waals surface area (Å²) in [5, 5.41) is 2.91. The van der Waals surface area contributed by atoms with Crippen molar-refractivity contribution in [3.05, 3.63) is 24.0 Å². The average molecular weight is 234 g/mol. The number of hydrogen-bond donors (Lipinski definition) is 2. The number of pyridine rings is 1. The number of nitrogens with two attached hydrogens (primary N) is 1. The van der Waals surface area contributed by atoms with Crippen LogP contribution in [0.1, 0.15) is 23.2 Å². The highest BCUT2D eigenvalue weighted by molar-refractivity contribution is 5.98. The molecule has 3 N–H and O–H groups in total. The lowest BCUT2D eigenvalue weighted by Gasteiger charge is -2.19. The lowest BCUT2D eigenvalue weighted by atomic mass is 10.2. The molecule has 0 bridgehead atoms. The molecule has 1 saturated heterocycles.